The van der Waals surface area contributed by atoms with E-state index in [0.29, 0.717) is 44.5 Å². The van der Waals surface area contributed by atoms with E-state index in [1.807, 2.05) is 12.1 Å². The van der Waals surface area contributed by atoms with Crippen LogP contribution in [0.25, 0.3) is 22.0 Å². The number of anilines is 2. The van der Waals surface area contributed by atoms with Crippen molar-refractivity contribution in [3.8, 4) is 11.1 Å². The lowest BCUT2D eigenvalue weighted by Crippen LogP contribution is -2.21. The third-order valence-electron chi connectivity index (χ3n) is 5.83. The number of carbonyl (C=O) groups is 1. The second-order valence-electron chi connectivity index (χ2n) is 7.76. The maximum absolute atomic E-state index is 13.5. The van der Waals surface area contributed by atoms with Gasteiger partial charge >= 0.3 is 0 Å². The summed E-state index contributed by atoms with van der Waals surface area (Å²) in [6, 6.07) is 17.1. The molecule has 4 aromatic rings. The average Bonchev–Trinajstić information content (AvgIpc) is 2.75. The number of nitrogens with zero attached hydrogens (tertiary/aromatic N) is 1. The number of hydrogen-bond acceptors (Lipinski definition) is 5. The molecule has 0 saturated carbocycles. The van der Waals surface area contributed by atoms with Crippen molar-refractivity contribution < 1.29 is 13.2 Å². The summed E-state index contributed by atoms with van der Waals surface area (Å²) in [6.45, 7) is 1.66. The van der Waals surface area contributed by atoms with Crippen LogP contribution in [0.4, 0.5) is 11.4 Å². The van der Waals surface area contributed by atoms with Crippen LogP contribution in [0.2, 0.25) is 0 Å². The van der Waals surface area contributed by atoms with Crippen LogP contribution < -0.4 is 10.9 Å². The fraction of sp³-hybridized carbons (Fsp3) is 0.0833. The first-order chi connectivity index (χ1) is 15.2. The summed E-state index contributed by atoms with van der Waals surface area (Å²) in [5.74, 6) is -0.169. The lowest BCUT2D eigenvalue weighted by Gasteiger charge is -2.23. The Bertz CT molecular complexity index is 1640. The minimum absolute atomic E-state index is 0.00152. The minimum atomic E-state index is -3.93. The molecule has 32 heavy (non-hydrogen) atoms. The third-order valence-corrected chi connectivity index (χ3v) is 7.30. The van der Waals surface area contributed by atoms with E-state index in [-0.39, 0.29) is 16.2 Å². The van der Waals surface area contributed by atoms with Crippen molar-refractivity contribution in [2.45, 2.75) is 11.8 Å². The van der Waals surface area contributed by atoms with E-state index in [0.717, 1.165) is 5.56 Å². The Hall–Kier alpha value is -3.42. The van der Waals surface area contributed by atoms with Crippen molar-refractivity contribution in [1.82, 2.24) is 4.57 Å². The second kappa shape index (κ2) is 7.05. The summed E-state index contributed by atoms with van der Waals surface area (Å²) in [7, 11) is 3.31. The van der Waals surface area contributed by atoms with Crippen LogP contribution in [0.15, 0.2) is 70.4 Å². The summed E-state index contributed by atoms with van der Waals surface area (Å²) in [4.78, 5) is 26.1. The molecule has 5 rings (SSSR count). The van der Waals surface area contributed by atoms with Gasteiger partial charge in [-0.1, -0.05) is 30.3 Å². The Morgan fingerprint density at radius 3 is 2.34 bits per heavy atom. The highest BCUT2D eigenvalue weighted by atomic mass is 35.7. The van der Waals surface area contributed by atoms with Crippen LogP contribution in [-0.2, 0) is 16.1 Å². The van der Waals surface area contributed by atoms with Crippen molar-refractivity contribution in [2.24, 2.45) is 7.05 Å². The molecule has 8 heteroatoms. The van der Waals surface area contributed by atoms with Gasteiger partial charge in [-0.2, -0.15) is 0 Å². The first-order valence-corrected chi connectivity index (χ1v) is 12.1. The van der Waals surface area contributed by atoms with Crippen LogP contribution in [-0.4, -0.2) is 18.8 Å². The number of nitrogens with one attached hydrogen (secondary N) is 1. The molecular formula is C24H17ClN2O4S. The quantitative estimate of drug-likeness (QED) is 0.390. The predicted molar refractivity (Wildman–Crippen MR) is 126 cm³/mol. The normalized spacial score (nSPS) is 12.7. The van der Waals surface area contributed by atoms with Crippen LogP contribution >= 0.6 is 10.7 Å². The lowest BCUT2D eigenvalue weighted by molar-refractivity contribution is 0.104. The molecule has 0 fully saturated rings. The Morgan fingerprint density at radius 1 is 0.906 bits per heavy atom. The molecule has 0 amide bonds. The fourth-order valence-electron chi connectivity index (χ4n) is 4.25. The molecule has 0 unspecified atom stereocenters. The van der Waals surface area contributed by atoms with Crippen LogP contribution in [0.1, 0.15) is 21.5 Å². The van der Waals surface area contributed by atoms with Gasteiger partial charge in [0.25, 0.3) is 14.6 Å². The van der Waals surface area contributed by atoms with Crippen molar-refractivity contribution >= 4 is 47.8 Å². The maximum atomic E-state index is 13.5. The van der Waals surface area contributed by atoms with E-state index in [2.05, 4.69) is 5.32 Å². The molecule has 0 saturated heterocycles. The molecule has 1 heterocycles. The van der Waals surface area contributed by atoms with Crippen molar-refractivity contribution in [3.63, 3.8) is 0 Å². The van der Waals surface area contributed by atoms with E-state index >= 15 is 0 Å². The number of benzene rings is 3. The van der Waals surface area contributed by atoms with Gasteiger partial charge in [0.15, 0.2) is 5.78 Å². The van der Waals surface area contributed by atoms with Crippen molar-refractivity contribution in [3.05, 3.63) is 87.7 Å². The van der Waals surface area contributed by atoms with Gasteiger partial charge < -0.3 is 9.88 Å². The number of halogens is 1. The number of hydrogen-bond donors (Lipinski definition) is 1. The highest BCUT2D eigenvalue weighted by molar-refractivity contribution is 8.13. The summed E-state index contributed by atoms with van der Waals surface area (Å²) in [6.07, 6.45) is 0. The lowest BCUT2D eigenvalue weighted by atomic mass is 9.83. The summed E-state index contributed by atoms with van der Waals surface area (Å²) >= 11 is 0. The topological polar surface area (TPSA) is 85.2 Å². The van der Waals surface area contributed by atoms with Crippen molar-refractivity contribution in [2.75, 3.05) is 5.32 Å². The Kier molecular flexibility index (Phi) is 4.51. The number of ketones is 1. The predicted octanol–water partition coefficient (Wildman–Crippen LogP) is 4.73. The third kappa shape index (κ3) is 3.04. The van der Waals surface area contributed by atoms with Gasteiger partial charge in [0, 0.05) is 40.4 Å². The molecule has 160 valence electrons. The minimum Gasteiger partial charge on any atom is -0.355 e. The van der Waals surface area contributed by atoms with Crippen LogP contribution in [0.3, 0.4) is 0 Å². The molecule has 0 radical (unpaired) electrons. The van der Waals surface area contributed by atoms with Crippen LogP contribution in [0, 0.1) is 6.92 Å². The summed E-state index contributed by atoms with van der Waals surface area (Å²) in [5, 5.41) is 3.86. The molecule has 0 bridgehead atoms. The highest BCUT2D eigenvalue weighted by Crippen LogP contribution is 2.42. The molecule has 3 aromatic carbocycles. The number of fused-ring (bicyclic) bond motifs is 2. The maximum Gasteiger partial charge on any atom is 0.261 e. The van der Waals surface area contributed by atoms with E-state index in [4.69, 9.17) is 10.7 Å². The van der Waals surface area contributed by atoms with Gasteiger partial charge in [-0.15, -0.1) is 0 Å². The molecule has 0 aliphatic heterocycles. The zero-order valence-corrected chi connectivity index (χ0v) is 18.7. The fourth-order valence-corrected chi connectivity index (χ4v) is 5.47. The van der Waals surface area contributed by atoms with Gasteiger partial charge in [-0.25, -0.2) is 8.42 Å². The largest absolute Gasteiger partial charge is 0.355 e. The number of aryl methyl sites for hydroxylation is 2. The Balaban J connectivity index is 1.79. The molecular weight excluding hydrogens is 448 g/mol. The van der Waals surface area contributed by atoms with Gasteiger partial charge in [-0.3, -0.25) is 9.59 Å². The van der Waals surface area contributed by atoms with Gasteiger partial charge in [0.2, 0.25) is 0 Å². The second-order valence-corrected chi connectivity index (χ2v) is 10.3. The van der Waals surface area contributed by atoms with Gasteiger partial charge in [0.1, 0.15) is 0 Å². The van der Waals surface area contributed by atoms with Gasteiger partial charge in [0.05, 0.1) is 21.7 Å². The number of aromatic nitrogens is 1. The van der Waals surface area contributed by atoms with Crippen LogP contribution in [0.5, 0.6) is 0 Å². The average molecular weight is 465 g/mol. The molecule has 6 nitrogen and oxygen atoms in total. The molecule has 0 spiro atoms. The van der Waals surface area contributed by atoms with E-state index in [1.54, 1.807) is 56.4 Å². The molecule has 1 aromatic heterocycles. The number of rotatable bonds is 3. The Labute approximate surface area is 188 Å². The van der Waals surface area contributed by atoms with E-state index in [1.165, 1.54) is 10.6 Å². The molecule has 1 aliphatic carbocycles. The zero-order chi connectivity index (χ0) is 22.8. The smallest absolute Gasteiger partial charge is 0.261 e. The number of carbonyl (C=O) groups excluding carboxylic acids is 1. The number of pyridine rings is 1. The zero-order valence-electron chi connectivity index (χ0n) is 17.1. The standard InChI is InChI=1S/C24H17ClN2O4S/c1-13-7-8-14(11-20(13)32(25,30)31)26-18-9-10-19-22-17(12-21(28)27(19)2)15-5-3-4-6-16(15)24(29)23(18)22/h3-12,26H,1-2H3. The Morgan fingerprint density at radius 2 is 1.62 bits per heavy atom. The molecule has 1 aliphatic rings. The van der Waals surface area contributed by atoms with E-state index in [9.17, 15) is 18.0 Å². The molecule has 1 N–H and O–H groups in total. The first kappa shape index (κ1) is 20.5. The van der Waals surface area contributed by atoms with Crippen molar-refractivity contribution in [1.29, 1.82) is 0 Å². The molecule has 0 atom stereocenters. The monoisotopic (exact) mass is 464 g/mol. The SMILES string of the molecule is Cc1ccc(Nc2ccc3c4c(cc(=O)n3C)-c3ccccc3C(=O)c24)cc1S(=O)(=O)Cl. The first-order valence-electron chi connectivity index (χ1n) is 9.80. The highest BCUT2D eigenvalue weighted by Gasteiger charge is 2.29. The van der Waals surface area contributed by atoms with E-state index < -0.39 is 9.05 Å². The van der Waals surface area contributed by atoms with Gasteiger partial charge in [-0.05, 0) is 47.9 Å². The summed E-state index contributed by atoms with van der Waals surface area (Å²) in [5.41, 5.74) is 4.34. The summed E-state index contributed by atoms with van der Waals surface area (Å²) < 4.78 is 25.4.